The highest BCUT2D eigenvalue weighted by Crippen LogP contribution is 2.33. The van der Waals surface area contributed by atoms with Crippen molar-refractivity contribution in [2.75, 3.05) is 6.61 Å². The molecule has 0 aliphatic heterocycles. The van der Waals surface area contributed by atoms with E-state index in [0.717, 1.165) is 12.8 Å². The standard InChI is InChI=1S/C14H17F3O/c1-10-3-2-4-11-9-12(5-6-13(10)11)18-8-7-14(15,16)17/h5-6,9-10H,2-4,7-8H2,1H3. The highest BCUT2D eigenvalue weighted by Gasteiger charge is 2.27. The highest BCUT2D eigenvalue weighted by molar-refractivity contribution is 5.39. The third-order valence-corrected chi connectivity index (χ3v) is 3.38. The van der Waals surface area contributed by atoms with Crippen LogP contribution < -0.4 is 4.74 Å². The van der Waals surface area contributed by atoms with Crippen LogP contribution in [0.4, 0.5) is 13.2 Å². The van der Waals surface area contributed by atoms with Gasteiger partial charge in [-0.3, -0.25) is 0 Å². The van der Waals surface area contributed by atoms with Crippen LogP contribution in [0.25, 0.3) is 0 Å². The van der Waals surface area contributed by atoms with Crippen molar-refractivity contribution in [3.63, 3.8) is 0 Å². The number of aryl methyl sites for hydroxylation is 1. The summed E-state index contributed by atoms with van der Waals surface area (Å²) in [7, 11) is 0. The van der Waals surface area contributed by atoms with Gasteiger partial charge in [-0.2, -0.15) is 13.2 Å². The molecule has 1 aliphatic rings. The molecule has 1 aromatic carbocycles. The van der Waals surface area contributed by atoms with Gasteiger partial charge in [-0.05, 0) is 48.4 Å². The molecule has 2 rings (SSSR count). The Hall–Kier alpha value is -1.19. The van der Waals surface area contributed by atoms with Gasteiger partial charge in [-0.1, -0.05) is 13.0 Å². The van der Waals surface area contributed by atoms with Crippen LogP contribution >= 0.6 is 0 Å². The van der Waals surface area contributed by atoms with Gasteiger partial charge in [0.05, 0.1) is 13.0 Å². The molecule has 1 aliphatic carbocycles. The molecule has 1 aromatic rings. The van der Waals surface area contributed by atoms with Gasteiger partial charge >= 0.3 is 6.18 Å². The largest absolute Gasteiger partial charge is 0.493 e. The van der Waals surface area contributed by atoms with Gasteiger partial charge in [0.1, 0.15) is 5.75 Å². The van der Waals surface area contributed by atoms with Gasteiger partial charge in [-0.25, -0.2) is 0 Å². The first-order valence-corrected chi connectivity index (χ1v) is 6.28. The van der Waals surface area contributed by atoms with E-state index in [-0.39, 0.29) is 6.61 Å². The van der Waals surface area contributed by atoms with E-state index >= 15 is 0 Å². The van der Waals surface area contributed by atoms with E-state index in [4.69, 9.17) is 4.74 Å². The number of benzene rings is 1. The van der Waals surface area contributed by atoms with Crippen LogP contribution in [-0.4, -0.2) is 12.8 Å². The lowest BCUT2D eigenvalue weighted by molar-refractivity contribution is -0.139. The second-order valence-electron chi connectivity index (χ2n) is 4.87. The van der Waals surface area contributed by atoms with E-state index in [1.807, 2.05) is 12.1 Å². The molecule has 1 nitrogen and oxygen atoms in total. The predicted octanol–water partition coefficient (Wildman–Crippen LogP) is 4.46. The summed E-state index contributed by atoms with van der Waals surface area (Å²) in [6.45, 7) is 1.88. The third kappa shape index (κ3) is 3.40. The number of ether oxygens (including phenoxy) is 1. The topological polar surface area (TPSA) is 9.23 Å². The fourth-order valence-electron chi connectivity index (χ4n) is 2.41. The molecule has 0 amide bonds. The van der Waals surface area contributed by atoms with Crippen molar-refractivity contribution >= 4 is 0 Å². The molecule has 18 heavy (non-hydrogen) atoms. The Morgan fingerprint density at radius 2 is 2.11 bits per heavy atom. The van der Waals surface area contributed by atoms with Crippen molar-refractivity contribution in [1.29, 1.82) is 0 Å². The van der Waals surface area contributed by atoms with Crippen molar-refractivity contribution in [3.8, 4) is 5.75 Å². The van der Waals surface area contributed by atoms with Gasteiger partial charge < -0.3 is 4.74 Å². The number of hydrogen-bond donors (Lipinski definition) is 0. The number of fused-ring (bicyclic) bond motifs is 1. The van der Waals surface area contributed by atoms with Crippen molar-refractivity contribution < 1.29 is 17.9 Å². The fourth-order valence-corrected chi connectivity index (χ4v) is 2.41. The molecule has 0 aromatic heterocycles. The molecule has 0 bridgehead atoms. The lowest BCUT2D eigenvalue weighted by atomic mass is 9.84. The maximum absolute atomic E-state index is 12.0. The van der Waals surface area contributed by atoms with Crippen LogP contribution in [0.15, 0.2) is 18.2 Å². The summed E-state index contributed by atoms with van der Waals surface area (Å²) in [6.07, 6.45) is -1.74. The minimum Gasteiger partial charge on any atom is -0.493 e. The molecule has 0 saturated heterocycles. The van der Waals surface area contributed by atoms with Gasteiger partial charge in [0.2, 0.25) is 0 Å². The Morgan fingerprint density at radius 3 is 2.83 bits per heavy atom. The molecule has 4 heteroatoms. The predicted molar refractivity (Wildman–Crippen MR) is 64.0 cm³/mol. The second-order valence-corrected chi connectivity index (χ2v) is 4.87. The molecule has 0 heterocycles. The van der Waals surface area contributed by atoms with Crippen LogP contribution in [0, 0.1) is 0 Å². The zero-order chi connectivity index (χ0) is 13.2. The first-order chi connectivity index (χ1) is 8.46. The van der Waals surface area contributed by atoms with Crippen molar-refractivity contribution in [2.24, 2.45) is 0 Å². The molecule has 100 valence electrons. The number of rotatable bonds is 3. The van der Waals surface area contributed by atoms with E-state index in [1.165, 1.54) is 17.5 Å². The van der Waals surface area contributed by atoms with Crippen molar-refractivity contribution in [3.05, 3.63) is 29.3 Å². The molecule has 1 unspecified atom stereocenters. The van der Waals surface area contributed by atoms with Crippen LogP contribution in [0.5, 0.6) is 5.75 Å². The van der Waals surface area contributed by atoms with Crippen molar-refractivity contribution in [2.45, 2.75) is 44.7 Å². The van der Waals surface area contributed by atoms with Gasteiger partial charge in [0, 0.05) is 0 Å². The van der Waals surface area contributed by atoms with Crippen LogP contribution in [0.1, 0.15) is 43.2 Å². The summed E-state index contributed by atoms with van der Waals surface area (Å²) in [6, 6.07) is 5.65. The molecule has 0 saturated carbocycles. The van der Waals surface area contributed by atoms with Crippen LogP contribution in [0.2, 0.25) is 0 Å². The summed E-state index contributed by atoms with van der Waals surface area (Å²) < 4.78 is 41.2. The molecule has 0 N–H and O–H groups in total. The number of halogens is 3. The summed E-state index contributed by atoms with van der Waals surface area (Å²) in [5.74, 6) is 1.09. The highest BCUT2D eigenvalue weighted by atomic mass is 19.4. The Morgan fingerprint density at radius 1 is 1.33 bits per heavy atom. The Balaban J connectivity index is 1.99. The Kier molecular flexibility index (Phi) is 3.83. The van der Waals surface area contributed by atoms with Crippen molar-refractivity contribution in [1.82, 2.24) is 0 Å². The SMILES string of the molecule is CC1CCCc2cc(OCCC(F)(F)F)ccc21. The normalized spacial score (nSPS) is 19.4. The smallest absolute Gasteiger partial charge is 0.392 e. The number of hydrogen-bond acceptors (Lipinski definition) is 1. The zero-order valence-electron chi connectivity index (χ0n) is 10.4. The van der Waals surface area contributed by atoms with E-state index in [1.54, 1.807) is 6.07 Å². The lowest BCUT2D eigenvalue weighted by Crippen LogP contribution is -2.13. The molecule has 0 fully saturated rings. The molecule has 0 radical (unpaired) electrons. The summed E-state index contributed by atoms with van der Waals surface area (Å²) in [5, 5.41) is 0. The minimum atomic E-state index is -4.15. The Labute approximate surface area is 105 Å². The van der Waals surface area contributed by atoms with Gasteiger partial charge in [0.25, 0.3) is 0 Å². The van der Waals surface area contributed by atoms with Crippen LogP contribution in [0.3, 0.4) is 0 Å². The third-order valence-electron chi connectivity index (χ3n) is 3.38. The average Bonchev–Trinajstić information content (AvgIpc) is 2.27. The van der Waals surface area contributed by atoms with Gasteiger partial charge in [-0.15, -0.1) is 0 Å². The quantitative estimate of drug-likeness (QED) is 0.777. The zero-order valence-corrected chi connectivity index (χ0v) is 10.4. The Bertz CT molecular complexity index is 412. The van der Waals surface area contributed by atoms with E-state index < -0.39 is 12.6 Å². The summed E-state index contributed by atoms with van der Waals surface area (Å²) in [4.78, 5) is 0. The summed E-state index contributed by atoms with van der Waals surface area (Å²) >= 11 is 0. The monoisotopic (exact) mass is 258 g/mol. The first kappa shape index (κ1) is 13.2. The number of alkyl halides is 3. The first-order valence-electron chi connectivity index (χ1n) is 6.28. The maximum atomic E-state index is 12.0. The van der Waals surface area contributed by atoms with E-state index in [0.29, 0.717) is 11.7 Å². The molecule has 0 spiro atoms. The average molecular weight is 258 g/mol. The maximum Gasteiger partial charge on any atom is 0.392 e. The molecular weight excluding hydrogens is 241 g/mol. The molecule has 1 atom stereocenters. The minimum absolute atomic E-state index is 0.308. The van der Waals surface area contributed by atoms with Gasteiger partial charge in [0.15, 0.2) is 0 Å². The summed E-state index contributed by atoms with van der Waals surface area (Å²) in [5.41, 5.74) is 2.53. The van der Waals surface area contributed by atoms with E-state index in [2.05, 4.69) is 6.92 Å². The second kappa shape index (κ2) is 5.21. The van der Waals surface area contributed by atoms with E-state index in [9.17, 15) is 13.2 Å². The van der Waals surface area contributed by atoms with Crippen LogP contribution in [-0.2, 0) is 6.42 Å². The lowest BCUT2D eigenvalue weighted by Gasteiger charge is -2.22. The fraction of sp³-hybridized carbons (Fsp3) is 0.571. The molecular formula is C14H17F3O.